The van der Waals surface area contributed by atoms with E-state index < -0.39 is 28.0 Å². The second-order valence-corrected chi connectivity index (χ2v) is 7.84. The number of sulfonamides is 1. The van der Waals surface area contributed by atoms with Gasteiger partial charge in [-0.05, 0) is 37.1 Å². The molecule has 0 saturated carbocycles. The molecule has 0 unspecified atom stereocenters. The second kappa shape index (κ2) is 8.79. The topological polar surface area (TPSA) is 116 Å². The lowest BCUT2D eigenvalue weighted by Gasteiger charge is -2.15. The summed E-state index contributed by atoms with van der Waals surface area (Å²) in [4.78, 5) is 23.7. The number of amides is 1. The van der Waals surface area contributed by atoms with E-state index in [1.807, 2.05) is 13.8 Å². The van der Waals surface area contributed by atoms with Crippen LogP contribution in [0.25, 0.3) is 0 Å². The van der Waals surface area contributed by atoms with Gasteiger partial charge in [0.05, 0.1) is 11.3 Å². The SMILES string of the molecule is Cc1ccc(S(=O)(=O)NCCC(=O)O[C@@H](C(N)=O)c2ccccc2)cc1C. The highest BCUT2D eigenvalue weighted by atomic mass is 32.2. The molecular weight excluding hydrogens is 368 g/mol. The zero-order valence-corrected chi connectivity index (χ0v) is 16.0. The molecule has 0 saturated heterocycles. The third-order valence-electron chi connectivity index (χ3n) is 4.02. The number of carbonyl (C=O) groups is 2. The predicted molar refractivity (Wildman–Crippen MR) is 100 cm³/mol. The molecule has 0 aliphatic heterocycles. The molecule has 2 aromatic rings. The van der Waals surface area contributed by atoms with Gasteiger partial charge in [0.2, 0.25) is 16.1 Å². The lowest BCUT2D eigenvalue weighted by atomic mass is 10.1. The van der Waals surface area contributed by atoms with Crippen molar-refractivity contribution in [3.05, 3.63) is 65.2 Å². The number of benzene rings is 2. The summed E-state index contributed by atoms with van der Waals surface area (Å²) in [5.74, 6) is -1.53. The summed E-state index contributed by atoms with van der Waals surface area (Å²) in [7, 11) is -3.74. The first-order valence-corrected chi connectivity index (χ1v) is 9.79. The van der Waals surface area contributed by atoms with Crippen LogP contribution in [-0.4, -0.2) is 26.8 Å². The van der Waals surface area contributed by atoms with Crippen LogP contribution in [0.15, 0.2) is 53.4 Å². The number of nitrogens with one attached hydrogen (secondary N) is 1. The van der Waals surface area contributed by atoms with E-state index in [0.29, 0.717) is 5.56 Å². The number of nitrogens with two attached hydrogens (primary N) is 1. The zero-order valence-electron chi connectivity index (χ0n) is 15.1. The van der Waals surface area contributed by atoms with Crippen molar-refractivity contribution in [2.24, 2.45) is 5.73 Å². The third kappa shape index (κ3) is 5.63. The molecule has 2 rings (SSSR count). The van der Waals surface area contributed by atoms with Gasteiger partial charge in [0.1, 0.15) is 0 Å². The van der Waals surface area contributed by atoms with Crippen LogP contribution in [0.4, 0.5) is 0 Å². The van der Waals surface area contributed by atoms with Crippen molar-refractivity contribution in [3.8, 4) is 0 Å². The molecule has 0 radical (unpaired) electrons. The third-order valence-corrected chi connectivity index (χ3v) is 5.48. The van der Waals surface area contributed by atoms with Gasteiger partial charge in [0.25, 0.3) is 5.91 Å². The molecule has 2 aromatic carbocycles. The van der Waals surface area contributed by atoms with E-state index >= 15 is 0 Å². The first kappa shape index (κ1) is 20.6. The molecule has 0 heterocycles. The van der Waals surface area contributed by atoms with Crippen LogP contribution in [0.1, 0.15) is 29.2 Å². The van der Waals surface area contributed by atoms with Crippen molar-refractivity contribution in [1.82, 2.24) is 4.72 Å². The van der Waals surface area contributed by atoms with Crippen LogP contribution in [0.5, 0.6) is 0 Å². The first-order chi connectivity index (χ1) is 12.7. The summed E-state index contributed by atoms with van der Waals surface area (Å²) in [6, 6.07) is 13.2. The Bertz CT molecular complexity index is 926. The Morgan fingerprint density at radius 1 is 1.07 bits per heavy atom. The van der Waals surface area contributed by atoms with Crippen molar-refractivity contribution >= 4 is 21.9 Å². The van der Waals surface area contributed by atoms with Crippen molar-refractivity contribution in [2.75, 3.05) is 6.54 Å². The summed E-state index contributed by atoms with van der Waals surface area (Å²) in [5.41, 5.74) is 7.58. The summed E-state index contributed by atoms with van der Waals surface area (Å²) in [6.45, 7) is 3.55. The molecule has 0 spiro atoms. The van der Waals surface area contributed by atoms with Crippen LogP contribution < -0.4 is 10.5 Å². The van der Waals surface area contributed by atoms with E-state index in [4.69, 9.17) is 10.5 Å². The van der Waals surface area contributed by atoms with Gasteiger partial charge >= 0.3 is 5.97 Å². The van der Waals surface area contributed by atoms with E-state index in [0.717, 1.165) is 11.1 Å². The van der Waals surface area contributed by atoms with Gasteiger partial charge in [0, 0.05) is 12.1 Å². The van der Waals surface area contributed by atoms with Gasteiger partial charge in [0.15, 0.2) is 0 Å². The molecule has 8 heteroatoms. The Labute approximate surface area is 158 Å². The number of rotatable bonds is 8. The summed E-state index contributed by atoms with van der Waals surface area (Å²) < 4.78 is 32.0. The first-order valence-electron chi connectivity index (χ1n) is 8.31. The monoisotopic (exact) mass is 390 g/mol. The van der Waals surface area contributed by atoms with E-state index in [-0.39, 0.29) is 17.9 Å². The summed E-state index contributed by atoms with van der Waals surface area (Å²) in [5, 5.41) is 0. The van der Waals surface area contributed by atoms with Crippen LogP contribution in [0.3, 0.4) is 0 Å². The highest BCUT2D eigenvalue weighted by molar-refractivity contribution is 7.89. The molecule has 144 valence electrons. The quantitative estimate of drug-likeness (QED) is 0.666. The Kier molecular flexibility index (Phi) is 6.70. The Morgan fingerprint density at radius 2 is 1.74 bits per heavy atom. The molecule has 0 bridgehead atoms. The number of esters is 1. The highest BCUT2D eigenvalue weighted by Crippen LogP contribution is 2.18. The normalized spacial score (nSPS) is 12.4. The Hall–Kier alpha value is -2.71. The summed E-state index contributed by atoms with van der Waals surface area (Å²) >= 11 is 0. The molecular formula is C19H22N2O5S. The van der Waals surface area contributed by atoms with Crippen molar-refractivity contribution in [1.29, 1.82) is 0 Å². The molecule has 0 aliphatic rings. The molecule has 27 heavy (non-hydrogen) atoms. The van der Waals surface area contributed by atoms with Gasteiger partial charge in [-0.2, -0.15) is 0 Å². The maximum absolute atomic E-state index is 12.3. The van der Waals surface area contributed by atoms with Gasteiger partial charge < -0.3 is 10.5 Å². The minimum absolute atomic E-state index is 0.123. The number of hydrogen-bond acceptors (Lipinski definition) is 5. The lowest BCUT2D eigenvalue weighted by Crippen LogP contribution is -2.29. The van der Waals surface area contributed by atoms with E-state index in [2.05, 4.69) is 4.72 Å². The fraction of sp³-hybridized carbons (Fsp3) is 0.263. The van der Waals surface area contributed by atoms with Gasteiger partial charge in [-0.3, -0.25) is 9.59 Å². The second-order valence-electron chi connectivity index (χ2n) is 6.08. The van der Waals surface area contributed by atoms with Crippen LogP contribution in [0.2, 0.25) is 0 Å². The molecule has 0 aromatic heterocycles. The highest BCUT2D eigenvalue weighted by Gasteiger charge is 2.22. The van der Waals surface area contributed by atoms with Crippen LogP contribution in [0, 0.1) is 13.8 Å². The van der Waals surface area contributed by atoms with Gasteiger partial charge in [-0.25, -0.2) is 13.1 Å². The average molecular weight is 390 g/mol. The lowest BCUT2D eigenvalue weighted by molar-refractivity contribution is -0.155. The van der Waals surface area contributed by atoms with Gasteiger partial charge in [-0.1, -0.05) is 36.4 Å². The molecule has 1 atom stereocenters. The van der Waals surface area contributed by atoms with Gasteiger partial charge in [-0.15, -0.1) is 0 Å². The molecule has 0 fully saturated rings. The Balaban J connectivity index is 1.94. The standard InChI is InChI=1S/C19H22N2O5S/c1-13-8-9-16(12-14(13)2)27(24,25)21-11-10-17(22)26-18(19(20)23)15-6-4-3-5-7-15/h3-9,12,18,21H,10-11H2,1-2H3,(H2,20,23)/t18-/m1/s1. The maximum atomic E-state index is 12.3. The average Bonchev–Trinajstić information content (AvgIpc) is 2.62. The summed E-state index contributed by atoms with van der Waals surface area (Å²) in [6.07, 6.45) is -1.45. The zero-order chi connectivity index (χ0) is 20.0. The maximum Gasteiger partial charge on any atom is 0.308 e. The molecule has 1 amide bonds. The van der Waals surface area contributed by atoms with Crippen LogP contribution in [-0.2, 0) is 24.3 Å². The van der Waals surface area contributed by atoms with Crippen molar-refractivity contribution < 1.29 is 22.7 Å². The number of primary amides is 1. The number of aryl methyl sites for hydroxylation is 2. The molecule has 7 nitrogen and oxygen atoms in total. The minimum atomic E-state index is -3.74. The fourth-order valence-electron chi connectivity index (χ4n) is 2.36. The number of hydrogen-bond donors (Lipinski definition) is 2. The van der Waals surface area contributed by atoms with Crippen molar-refractivity contribution in [3.63, 3.8) is 0 Å². The number of ether oxygens (including phenoxy) is 1. The van der Waals surface area contributed by atoms with E-state index in [1.165, 1.54) is 6.07 Å². The largest absolute Gasteiger partial charge is 0.447 e. The Morgan fingerprint density at radius 3 is 2.33 bits per heavy atom. The fourth-order valence-corrected chi connectivity index (χ4v) is 3.48. The number of carbonyl (C=O) groups excluding carboxylic acids is 2. The smallest absolute Gasteiger partial charge is 0.308 e. The minimum Gasteiger partial charge on any atom is -0.447 e. The van der Waals surface area contributed by atoms with Crippen LogP contribution >= 0.6 is 0 Å². The van der Waals surface area contributed by atoms with E-state index in [1.54, 1.807) is 42.5 Å². The predicted octanol–water partition coefficient (Wildman–Crippen LogP) is 1.74. The van der Waals surface area contributed by atoms with Crippen molar-refractivity contribution in [2.45, 2.75) is 31.3 Å². The molecule has 0 aliphatic carbocycles. The molecule has 3 N–H and O–H groups in total. The van der Waals surface area contributed by atoms with E-state index in [9.17, 15) is 18.0 Å².